The molecule has 0 saturated carbocycles. The van der Waals surface area contributed by atoms with Crippen molar-refractivity contribution in [2.75, 3.05) is 0 Å². The summed E-state index contributed by atoms with van der Waals surface area (Å²) in [6.45, 7) is 0. The van der Waals surface area contributed by atoms with E-state index >= 15 is 0 Å². The fraction of sp³-hybridized carbons (Fsp3) is 0.125. The zero-order valence-corrected chi connectivity index (χ0v) is 9.93. The molecular weight excluding hydrogens is 220 g/mol. The lowest BCUT2D eigenvalue weighted by Gasteiger charge is -2.03. The molecule has 2 heteroatoms. The van der Waals surface area contributed by atoms with Gasteiger partial charge in [-0.2, -0.15) is 0 Å². The molecule has 86 valence electrons. The quantitative estimate of drug-likeness (QED) is 0.717. The van der Waals surface area contributed by atoms with Gasteiger partial charge in [0.15, 0.2) is 0 Å². The van der Waals surface area contributed by atoms with Crippen LogP contribution in [0.2, 0.25) is 0 Å². The molecule has 0 bridgehead atoms. The van der Waals surface area contributed by atoms with Crippen LogP contribution < -0.4 is 0 Å². The maximum atomic E-state index is 4.71. The average Bonchev–Trinajstić information content (AvgIpc) is 3.04. The molecule has 2 aliphatic heterocycles. The fourth-order valence-corrected chi connectivity index (χ4v) is 2.58. The second-order valence-corrected chi connectivity index (χ2v) is 4.72. The van der Waals surface area contributed by atoms with Crippen LogP contribution in [-0.2, 0) is 12.8 Å². The van der Waals surface area contributed by atoms with Gasteiger partial charge in [-0.3, -0.25) is 9.98 Å². The van der Waals surface area contributed by atoms with E-state index in [-0.39, 0.29) is 0 Å². The van der Waals surface area contributed by atoms with Gasteiger partial charge in [0.1, 0.15) is 0 Å². The number of hydrogen-bond acceptors (Lipinski definition) is 2. The molecule has 0 unspecified atom stereocenters. The van der Waals surface area contributed by atoms with Gasteiger partial charge in [0.2, 0.25) is 0 Å². The molecule has 2 aromatic rings. The number of benzene rings is 2. The summed E-state index contributed by atoms with van der Waals surface area (Å²) < 4.78 is 0. The van der Waals surface area contributed by atoms with Gasteiger partial charge in [0.25, 0.3) is 0 Å². The maximum Gasteiger partial charge on any atom is 0.0669 e. The van der Waals surface area contributed by atoms with E-state index in [0.29, 0.717) is 0 Å². The number of fused-ring (bicyclic) bond motifs is 2. The molecule has 0 fully saturated rings. The van der Waals surface area contributed by atoms with Gasteiger partial charge in [-0.1, -0.05) is 30.3 Å². The second kappa shape index (κ2) is 3.64. The first kappa shape index (κ1) is 9.77. The average molecular weight is 232 g/mol. The molecule has 0 amide bonds. The van der Waals surface area contributed by atoms with Crippen LogP contribution in [0.5, 0.6) is 0 Å². The van der Waals surface area contributed by atoms with Gasteiger partial charge in [-0.05, 0) is 28.8 Å². The lowest BCUT2D eigenvalue weighted by Crippen LogP contribution is -2.00. The molecule has 0 radical (unpaired) electrons. The molecule has 2 aliphatic rings. The minimum Gasteiger partial charge on any atom is -0.261 e. The van der Waals surface area contributed by atoms with Crippen molar-refractivity contribution in [3.63, 3.8) is 0 Å². The Hall–Kier alpha value is -2.22. The lowest BCUT2D eigenvalue weighted by molar-refractivity contribution is 1.37. The van der Waals surface area contributed by atoms with Crippen LogP contribution in [0.15, 0.2) is 52.4 Å². The van der Waals surface area contributed by atoms with E-state index in [9.17, 15) is 0 Å². The Morgan fingerprint density at radius 2 is 1.83 bits per heavy atom. The summed E-state index contributed by atoms with van der Waals surface area (Å²) in [5.74, 6) is 0. The van der Waals surface area contributed by atoms with Crippen LogP contribution in [0.4, 0.5) is 11.4 Å². The summed E-state index contributed by atoms with van der Waals surface area (Å²) in [6, 6.07) is 14.8. The highest BCUT2D eigenvalue weighted by Gasteiger charge is 2.16. The predicted octanol–water partition coefficient (Wildman–Crippen LogP) is 3.62. The topological polar surface area (TPSA) is 24.7 Å². The SMILES string of the molecule is C1=Nc2cc(C3=Nc4ccccc4C3)ccc2C1. The molecule has 4 rings (SSSR count). The first-order valence-corrected chi connectivity index (χ1v) is 6.21. The van der Waals surface area contributed by atoms with Crippen molar-refractivity contribution in [3.05, 3.63) is 59.2 Å². The highest BCUT2D eigenvalue weighted by atomic mass is 14.8. The zero-order valence-electron chi connectivity index (χ0n) is 9.93. The minimum atomic E-state index is 0.929. The van der Waals surface area contributed by atoms with Crippen molar-refractivity contribution in [1.82, 2.24) is 0 Å². The second-order valence-electron chi connectivity index (χ2n) is 4.72. The molecule has 2 nitrogen and oxygen atoms in total. The first-order chi connectivity index (χ1) is 8.90. The van der Waals surface area contributed by atoms with Crippen LogP contribution in [0.3, 0.4) is 0 Å². The normalized spacial score (nSPS) is 15.4. The number of rotatable bonds is 1. The summed E-state index contributed by atoms with van der Waals surface area (Å²) >= 11 is 0. The number of nitrogens with zero attached hydrogens (tertiary/aromatic N) is 2. The van der Waals surface area contributed by atoms with E-state index in [1.807, 2.05) is 12.3 Å². The molecule has 0 saturated heterocycles. The third-order valence-corrected chi connectivity index (χ3v) is 3.57. The van der Waals surface area contributed by atoms with E-state index in [1.165, 1.54) is 16.7 Å². The van der Waals surface area contributed by atoms with E-state index in [0.717, 1.165) is 29.9 Å². The summed E-state index contributed by atoms with van der Waals surface area (Å²) in [5.41, 5.74) is 7.19. The van der Waals surface area contributed by atoms with Gasteiger partial charge >= 0.3 is 0 Å². The number of hydrogen-bond donors (Lipinski definition) is 0. The van der Waals surface area contributed by atoms with Gasteiger partial charge < -0.3 is 0 Å². The highest BCUT2D eigenvalue weighted by molar-refractivity contribution is 6.07. The third kappa shape index (κ3) is 1.42. The van der Waals surface area contributed by atoms with Crippen molar-refractivity contribution in [3.8, 4) is 0 Å². The molecular formula is C16H12N2. The Kier molecular flexibility index (Phi) is 1.97. The summed E-state index contributed by atoms with van der Waals surface area (Å²) in [4.78, 5) is 9.11. The summed E-state index contributed by atoms with van der Waals surface area (Å²) in [5, 5.41) is 0. The maximum absolute atomic E-state index is 4.71. The largest absolute Gasteiger partial charge is 0.261 e. The third-order valence-electron chi connectivity index (χ3n) is 3.57. The van der Waals surface area contributed by atoms with Crippen molar-refractivity contribution >= 4 is 23.3 Å². The lowest BCUT2D eigenvalue weighted by atomic mass is 10.0. The van der Waals surface area contributed by atoms with Gasteiger partial charge in [-0.25, -0.2) is 0 Å². The molecule has 0 atom stereocenters. The van der Waals surface area contributed by atoms with E-state index in [1.54, 1.807) is 0 Å². The van der Waals surface area contributed by atoms with Crippen LogP contribution in [-0.4, -0.2) is 11.9 Å². The predicted molar refractivity (Wildman–Crippen MR) is 74.6 cm³/mol. The molecule has 0 N–H and O–H groups in total. The molecule has 18 heavy (non-hydrogen) atoms. The minimum absolute atomic E-state index is 0.929. The van der Waals surface area contributed by atoms with Crippen molar-refractivity contribution in [1.29, 1.82) is 0 Å². The van der Waals surface area contributed by atoms with Gasteiger partial charge in [0, 0.05) is 19.1 Å². The fourth-order valence-electron chi connectivity index (χ4n) is 2.58. The Bertz CT molecular complexity index is 696. The van der Waals surface area contributed by atoms with Crippen molar-refractivity contribution < 1.29 is 0 Å². The molecule has 0 spiro atoms. The van der Waals surface area contributed by atoms with Crippen molar-refractivity contribution in [2.45, 2.75) is 12.8 Å². The summed E-state index contributed by atoms with van der Waals surface area (Å²) in [7, 11) is 0. The first-order valence-electron chi connectivity index (χ1n) is 6.21. The number of para-hydroxylation sites is 1. The van der Waals surface area contributed by atoms with E-state index in [4.69, 9.17) is 4.99 Å². The zero-order chi connectivity index (χ0) is 11.9. The van der Waals surface area contributed by atoms with Crippen LogP contribution in [0.1, 0.15) is 16.7 Å². The molecule has 2 heterocycles. The van der Waals surface area contributed by atoms with Crippen molar-refractivity contribution in [2.24, 2.45) is 9.98 Å². The Labute approximate surface area is 106 Å². The number of aliphatic imine (C=N–C) groups is 2. The molecule has 0 aromatic heterocycles. The monoisotopic (exact) mass is 232 g/mol. The van der Waals surface area contributed by atoms with Crippen LogP contribution in [0, 0.1) is 0 Å². The molecule has 0 aliphatic carbocycles. The van der Waals surface area contributed by atoms with Gasteiger partial charge in [-0.15, -0.1) is 0 Å². The Morgan fingerprint density at radius 1 is 0.889 bits per heavy atom. The van der Waals surface area contributed by atoms with E-state index in [2.05, 4.69) is 41.4 Å². The molecule has 2 aromatic carbocycles. The van der Waals surface area contributed by atoms with Crippen LogP contribution in [0.25, 0.3) is 0 Å². The summed E-state index contributed by atoms with van der Waals surface area (Å²) in [6.07, 6.45) is 3.86. The Balaban J connectivity index is 1.76. The van der Waals surface area contributed by atoms with Gasteiger partial charge in [0.05, 0.1) is 17.1 Å². The smallest absolute Gasteiger partial charge is 0.0669 e. The van der Waals surface area contributed by atoms with E-state index < -0.39 is 0 Å². The Morgan fingerprint density at radius 3 is 2.78 bits per heavy atom. The standard InChI is InChI=1S/C16H12N2/c1-2-4-14-12(3-1)10-16(18-14)13-6-5-11-7-8-17-15(11)9-13/h1-6,8-9H,7,10H2. The van der Waals surface area contributed by atoms with Crippen LogP contribution >= 0.6 is 0 Å². The highest BCUT2D eigenvalue weighted by Crippen LogP contribution is 2.31.